The minimum absolute atomic E-state index is 0.924. The van der Waals surface area contributed by atoms with E-state index in [-0.39, 0.29) is 0 Å². The Hall–Kier alpha value is -1.48. The summed E-state index contributed by atoms with van der Waals surface area (Å²) in [7, 11) is 2.01. The van der Waals surface area contributed by atoms with Gasteiger partial charge in [0.15, 0.2) is 0 Å². The molecule has 0 aromatic carbocycles. The van der Waals surface area contributed by atoms with Crippen LogP contribution in [0, 0.1) is 0 Å². The summed E-state index contributed by atoms with van der Waals surface area (Å²) in [5.41, 5.74) is 2.23. The number of pyridine rings is 1. The lowest BCUT2D eigenvalue weighted by Gasteiger charge is -2.15. The Labute approximate surface area is 114 Å². The first-order valence-electron chi connectivity index (χ1n) is 6.02. The van der Waals surface area contributed by atoms with Crippen molar-refractivity contribution in [3.05, 3.63) is 60.6 Å². The first-order chi connectivity index (χ1) is 8.69. The van der Waals surface area contributed by atoms with Gasteiger partial charge in [-0.1, -0.05) is 31.7 Å². The van der Waals surface area contributed by atoms with E-state index in [1.165, 1.54) is 0 Å². The maximum absolute atomic E-state index is 4.38. The van der Waals surface area contributed by atoms with Crippen molar-refractivity contribution in [2.45, 2.75) is 20.3 Å². The van der Waals surface area contributed by atoms with E-state index in [9.17, 15) is 0 Å². The molecule has 1 rings (SSSR count). The SMILES string of the molecule is C=C(SN(C)/C=C\C=C/C)c1cccnc1CC. The molecular formula is C15H20N2S. The zero-order valence-corrected chi connectivity index (χ0v) is 12.1. The Morgan fingerprint density at radius 1 is 1.50 bits per heavy atom. The van der Waals surface area contributed by atoms with Gasteiger partial charge < -0.3 is 4.31 Å². The average molecular weight is 260 g/mol. The molecule has 0 fully saturated rings. The topological polar surface area (TPSA) is 16.1 Å². The van der Waals surface area contributed by atoms with E-state index in [0.29, 0.717) is 0 Å². The second kappa shape index (κ2) is 7.77. The lowest BCUT2D eigenvalue weighted by molar-refractivity contribution is 0.781. The number of aromatic nitrogens is 1. The fraction of sp³-hybridized carbons (Fsp3) is 0.267. The Bertz CT molecular complexity index is 450. The normalized spacial score (nSPS) is 11.3. The van der Waals surface area contributed by atoms with Gasteiger partial charge in [0.2, 0.25) is 0 Å². The molecular weight excluding hydrogens is 240 g/mol. The molecule has 1 aromatic heterocycles. The molecule has 1 heterocycles. The van der Waals surface area contributed by atoms with Gasteiger partial charge in [-0.3, -0.25) is 4.98 Å². The Balaban J connectivity index is 2.70. The Morgan fingerprint density at radius 2 is 2.28 bits per heavy atom. The van der Waals surface area contributed by atoms with Crippen molar-refractivity contribution in [3.8, 4) is 0 Å². The summed E-state index contributed by atoms with van der Waals surface area (Å²) < 4.78 is 2.04. The van der Waals surface area contributed by atoms with Crippen molar-refractivity contribution in [1.82, 2.24) is 9.29 Å². The van der Waals surface area contributed by atoms with Gasteiger partial charge in [0, 0.05) is 35.6 Å². The van der Waals surface area contributed by atoms with Gasteiger partial charge in [0.25, 0.3) is 0 Å². The summed E-state index contributed by atoms with van der Waals surface area (Å²) in [5, 5.41) is 0. The van der Waals surface area contributed by atoms with Gasteiger partial charge in [0.1, 0.15) is 0 Å². The van der Waals surface area contributed by atoms with Crippen LogP contribution in [0.4, 0.5) is 0 Å². The van der Waals surface area contributed by atoms with E-state index in [1.807, 2.05) is 55.0 Å². The van der Waals surface area contributed by atoms with Crippen molar-refractivity contribution in [2.75, 3.05) is 7.05 Å². The van der Waals surface area contributed by atoms with Crippen molar-refractivity contribution >= 4 is 16.9 Å². The van der Waals surface area contributed by atoms with Gasteiger partial charge in [-0.25, -0.2) is 0 Å². The predicted octanol–water partition coefficient (Wildman–Crippen LogP) is 4.28. The number of aryl methyl sites for hydroxylation is 1. The molecule has 0 aliphatic heterocycles. The third-order valence-corrected chi connectivity index (χ3v) is 3.23. The van der Waals surface area contributed by atoms with Crippen molar-refractivity contribution in [3.63, 3.8) is 0 Å². The Morgan fingerprint density at radius 3 is 2.94 bits per heavy atom. The van der Waals surface area contributed by atoms with Crippen LogP contribution in [0.25, 0.3) is 4.91 Å². The van der Waals surface area contributed by atoms with E-state index in [1.54, 1.807) is 11.9 Å². The highest BCUT2D eigenvalue weighted by Gasteiger charge is 2.07. The standard InChI is InChI=1S/C15H20N2S/c1-5-7-8-12-17(4)18-13(3)14-10-9-11-16-15(14)6-2/h5,7-12H,3,6H2,1-2,4H3/b7-5-,12-8-. The molecule has 0 aliphatic rings. The van der Waals surface area contributed by atoms with Gasteiger partial charge in [-0.05, 0) is 37.4 Å². The van der Waals surface area contributed by atoms with Crippen molar-refractivity contribution in [2.24, 2.45) is 0 Å². The van der Waals surface area contributed by atoms with Gasteiger partial charge in [-0.15, -0.1) is 0 Å². The van der Waals surface area contributed by atoms with Crippen LogP contribution in [0.5, 0.6) is 0 Å². The number of allylic oxidation sites excluding steroid dienone is 3. The third-order valence-electron chi connectivity index (χ3n) is 2.38. The van der Waals surface area contributed by atoms with Crippen LogP contribution < -0.4 is 0 Å². The third kappa shape index (κ3) is 4.41. The molecule has 0 spiro atoms. The molecule has 0 saturated carbocycles. The molecule has 18 heavy (non-hydrogen) atoms. The van der Waals surface area contributed by atoms with Crippen molar-refractivity contribution < 1.29 is 0 Å². The highest BCUT2D eigenvalue weighted by Crippen LogP contribution is 2.29. The summed E-state index contributed by atoms with van der Waals surface area (Å²) in [6.07, 6.45) is 10.8. The minimum atomic E-state index is 0.924. The van der Waals surface area contributed by atoms with E-state index >= 15 is 0 Å². The summed E-state index contributed by atoms with van der Waals surface area (Å²) in [4.78, 5) is 5.40. The number of hydrogen-bond donors (Lipinski definition) is 0. The van der Waals surface area contributed by atoms with Crippen LogP contribution in [0.3, 0.4) is 0 Å². The van der Waals surface area contributed by atoms with Crippen LogP contribution in [-0.2, 0) is 6.42 Å². The molecule has 0 saturated heterocycles. The molecule has 0 radical (unpaired) electrons. The smallest absolute Gasteiger partial charge is 0.0484 e. The maximum Gasteiger partial charge on any atom is 0.0484 e. The maximum atomic E-state index is 4.38. The van der Waals surface area contributed by atoms with Crippen LogP contribution in [0.1, 0.15) is 25.1 Å². The summed E-state index contributed by atoms with van der Waals surface area (Å²) in [5.74, 6) is 0. The second-order valence-electron chi connectivity index (χ2n) is 3.78. The van der Waals surface area contributed by atoms with Gasteiger partial charge in [0.05, 0.1) is 0 Å². The molecule has 0 amide bonds. The molecule has 0 bridgehead atoms. The van der Waals surface area contributed by atoms with E-state index in [0.717, 1.165) is 22.6 Å². The predicted molar refractivity (Wildman–Crippen MR) is 82.0 cm³/mol. The molecule has 2 nitrogen and oxygen atoms in total. The first kappa shape index (κ1) is 14.6. The first-order valence-corrected chi connectivity index (χ1v) is 6.79. The monoisotopic (exact) mass is 260 g/mol. The zero-order chi connectivity index (χ0) is 13.4. The highest BCUT2D eigenvalue weighted by molar-refractivity contribution is 8.06. The molecule has 96 valence electrons. The number of nitrogens with zero attached hydrogens (tertiary/aromatic N) is 2. The summed E-state index contributed by atoms with van der Waals surface area (Å²) in [6, 6.07) is 4.03. The van der Waals surface area contributed by atoms with E-state index in [2.05, 4.69) is 24.6 Å². The van der Waals surface area contributed by atoms with Crippen molar-refractivity contribution in [1.29, 1.82) is 0 Å². The van der Waals surface area contributed by atoms with Crippen LogP contribution >= 0.6 is 11.9 Å². The molecule has 0 aliphatic carbocycles. The quantitative estimate of drug-likeness (QED) is 0.561. The lowest BCUT2D eigenvalue weighted by Crippen LogP contribution is -2.00. The fourth-order valence-corrected chi connectivity index (χ4v) is 2.27. The molecule has 1 aromatic rings. The highest BCUT2D eigenvalue weighted by atomic mass is 32.2. The molecule has 3 heteroatoms. The van der Waals surface area contributed by atoms with Crippen LogP contribution in [0.15, 0.2) is 49.3 Å². The zero-order valence-electron chi connectivity index (χ0n) is 11.3. The van der Waals surface area contributed by atoms with E-state index < -0.39 is 0 Å². The summed E-state index contributed by atoms with van der Waals surface area (Å²) in [6.45, 7) is 8.24. The van der Waals surface area contributed by atoms with Gasteiger partial charge in [-0.2, -0.15) is 0 Å². The largest absolute Gasteiger partial charge is 0.322 e. The average Bonchev–Trinajstić information content (AvgIpc) is 2.39. The molecule has 0 N–H and O–H groups in total. The second-order valence-corrected chi connectivity index (χ2v) is 5.03. The molecule has 0 unspecified atom stereocenters. The van der Waals surface area contributed by atoms with E-state index in [4.69, 9.17) is 0 Å². The van der Waals surface area contributed by atoms with Crippen LogP contribution in [-0.4, -0.2) is 16.3 Å². The Kier molecular flexibility index (Phi) is 6.29. The fourth-order valence-electron chi connectivity index (χ4n) is 1.51. The summed E-state index contributed by atoms with van der Waals surface area (Å²) >= 11 is 1.61. The minimum Gasteiger partial charge on any atom is -0.322 e. The van der Waals surface area contributed by atoms with Crippen LogP contribution in [0.2, 0.25) is 0 Å². The lowest BCUT2D eigenvalue weighted by atomic mass is 10.1. The number of rotatable bonds is 6. The van der Waals surface area contributed by atoms with Gasteiger partial charge >= 0.3 is 0 Å². The number of hydrogen-bond acceptors (Lipinski definition) is 3. The molecule has 0 atom stereocenters.